The van der Waals surface area contributed by atoms with Crippen LogP contribution in [0.5, 0.6) is 0 Å². The molecular weight excluding hydrogens is 312 g/mol. The second-order valence-electron chi connectivity index (χ2n) is 9.04. The average molecular weight is 338 g/mol. The van der Waals surface area contributed by atoms with Crippen molar-refractivity contribution in [2.24, 2.45) is 17.3 Å². The Labute approximate surface area is 148 Å². The highest BCUT2D eigenvalue weighted by Crippen LogP contribution is 2.79. The Hall–Kier alpha value is -1.55. The molecular formula is C21H26N2O2. The van der Waals surface area contributed by atoms with Gasteiger partial charge in [-0.2, -0.15) is 0 Å². The van der Waals surface area contributed by atoms with E-state index in [1.54, 1.807) is 7.11 Å². The van der Waals surface area contributed by atoms with Gasteiger partial charge in [-0.15, -0.1) is 0 Å². The third-order valence-electron chi connectivity index (χ3n) is 8.91. The zero-order valence-corrected chi connectivity index (χ0v) is 15.0. The molecule has 4 fully saturated rings. The van der Waals surface area contributed by atoms with Gasteiger partial charge in [-0.1, -0.05) is 25.1 Å². The van der Waals surface area contributed by atoms with Gasteiger partial charge in [0.25, 0.3) is 0 Å². The average Bonchev–Trinajstić information content (AvgIpc) is 3.29. The molecule has 1 aromatic rings. The highest BCUT2D eigenvalue weighted by Gasteiger charge is 2.86. The van der Waals surface area contributed by atoms with E-state index < -0.39 is 0 Å². The summed E-state index contributed by atoms with van der Waals surface area (Å²) in [7, 11) is 1.56. The fourth-order valence-corrected chi connectivity index (χ4v) is 8.44. The van der Waals surface area contributed by atoms with Crippen LogP contribution < -0.4 is 5.32 Å². The predicted molar refractivity (Wildman–Crippen MR) is 95.4 cm³/mol. The minimum absolute atomic E-state index is 0.00844. The molecule has 2 saturated carbocycles. The van der Waals surface area contributed by atoms with Gasteiger partial charge in [-0.25, -0.2) is 0 Å². The van der Waals surface area contributed by atoms with Crippen molar-refractivity contribution in [3.8, 4) is 0 Å². The van der Waals surface area contributed by atoms with Crippen molar-refractivity contribution in [1.82, 2.24) is 4.90 Å². The van der Waals surface area contributed by atoms with Crippen LogP contribution in [-0.2, 0) is 14.9 Å². The molecule has 3 spiro atoms. The number of para-hydroxylation sites is 1. The molecule has 1 aromatic carbocycles. The molecule has 25 heavy (non-hydrogen) atoms. The summed E-state index contributed by atoms with van der Waals surface area (Å²) in [5, 5.41) is 3.96. The van der Waals surface area contributed by atoms with Gasteiger partial charge in [0.1, 0.15) is 0 Å². The quantitative estimate of drug-likeness (QED) is 0.800. The fourth-order valence-electron chi connectivity index (χ4n) is 8.44. The summed E-state index contributed by atoms with van der Waals surface area (Å²) in [5.74, 6) is 0.449. The fraction of sp³-hybridized carbons (Fsp3) is 0.667. The number of piperidine rings is 1. The molecule has 6 rings (SSSR count). The number of benzene rings is 1. The maximum absolute atomic E-state index is 12.9. The van der Waals surface area contributed by atoms with E-state index in [-0.39, 0.29) is 28.3 Å². The van der Waals surface area contributed by atoms with Crippen molar-refractivity contribution >= 4 is 11.7 Å². The molecule has 6 atom stereocenters. The summed E-state index contributed by atoms with van der Waals surface area (Å²) >= 11 is 0. The zero-order valence-electron chi connectivity index (χ0n) is 15.0. The number of methoxy groups -OCH3 is 1. The number of carbonyl (C=O) groups is 1. The lowest BCUT2D eigenvalue weighted by atomic mass is 9.56. The highest BCUT2D eigenvalue weighted by molar-refractivity contribution is 5.82. The van der Waals surface area contributed by atoms with E-state index in [0.29, 0.717) is 12.0 Å². The van der Waals surface area contributed by atoms with Crippen LogP contribution in [-0.4, -0.2) is 42.6 Å². The number of nitrogens with one attached hydrogen (secondary N) is 1. The SMILES string of the molecule is COC(=O)C1C[C@]23CCCN4CCC5(c6ccccc6N[C@@]15C2C)[C@@H]43. The van der Waals surface area contributed by atoms with Crippen molar-refractivity contribution < 1.29 is 9.53 Å². The van der Waals surface area contributed by atoms with E-state index in [9.17, 15) is 4.79 Å². The van der Waals surface area contributed by atoms with Crippen molar-refractivity contribution in [2.45, 2.75) is 49.6 Å². The van der Waals surface area contributed by atoms with Gasteiger partial charge < -0.3 is 10.1 Å². The summed E-state index contributed by atoms with van der Waals surface area (Å²) in [6.07, 6.45) is 4.69. The smallest absolute Gasteiger partial charge is 0.311 e. The topological polar surface area (TPSA) is 41.6 Å². The van der Waals surface area contributed by atoms with Crippen LogP contribution in [0.2, 0.25) is 0 Å². The second-order valence-corrected chi connectivity index (χ2v) is 9.04. The lowest BCUT2D eigenvalue weighted by molar-refractivity contribution is -0.150. The monoisotopic (exact) mass is 338 g/mol. The summed E-state index contributed by atoms with van der Waals surface area (Å²) < 4.78 is 5.32. The standard InChI is InChI=1S/C21H26N2O2/c1-13-19-8-5-10-23-11-9-20(18(19)23)14-6-3-4-7-16(14)22-21(13,20)15(12-19)17(24)25-2/h3-4,6-7,13,15,18,22H,5,8-12H2,1-2H3/t13?,15?,18-,19+,20?,21-/m0/s1. The first kappa shape index (κ1) is 14.6. The molecule has 4 heteroatoms. The summed E-state index contributed by atoms with van der Waals surface area (Å²) in [6.45, 7) is 4.82. The molecule has 0 amide bonds. The Kier molecular flexibility index (Phi) is 2.47. The number of nitrogens with zero attached hydrogens (tertiary/aromatic N) is 1. The predicted octanol–water partition coefficient (Wildman–Crippen LogP) is 2.79. The molecule has 0 radical (unpaired) electrons. The molecule has 2 saturated heterocycles. The Bertz CT molecular complexity index is 794. The lowest BCUT2D eigenvalue weighted by Gasteiger charge is -2.52. The van der Waals surface area contributed by atoms with E-state index in [0.717, 1.165) is 6.42 Å². The van der Waals surface area contributed by atoms with E-state index in [1.807, 2.05) is 0 Å². The number of hydrogen-bond donors (Lipinski definition) is 1. The number of carbonyl (C=O) groups excluding carboxylic acids is 1. The van der Waals surface area contributed by atoms with Crippen molar-refractivity contribution in [3.05, 3.63) is 29.8 Å². The third kappa shape index (κ3) is 1.23. The maximum Gasteiger partial charge on any atom is 0.311 e. The van der Waals surface area contributed by atoms with Gasteiger partial charge in [-0.3, -0.25) is 9.69 Å². The molecule has 3 aliphatic heterocycles. The van der Waals surface area contributed by atoms with E-state index >= 15 is 0 Å². The molecule has 2 bridgehead atoms. The third-order valence-corrected chi connectivity index (χ3v) is 8.91. The number of anilines is 1. The van der Waals surface area contributed by atoms with Crippen LogP contribution in [0.1, 0.15) is 38.2 Å². The summed E-state index contributed by atoms with van der Waals surface area (Å²) in [5.41, 5.74) is 2.88. The van der Waals surface area contributed by atoms with E-state index in [4.69, 9.17) is 4.74 Å². The Balaban J connectivity index is 1.67. The minimum Gasteiger partial charge on any atom is -0.469 e. The molecule has 5 aliphatic rings. The van der Waals surface area contributed by atoms with Crippen LogP contribution >= 0.6 is 0 Å². The van der Waals surface area contributed by atoms with Crippen LogP contribution in [0.4, 0.5) is 5.69 Å². The van der Waals surface area contributed by atoms with E-state index in [2.05, 4.69) is 41.4 Å². The minimum atomic E-state index is -0.173. The first-order chi connectivity index (χ1) is 12.1. The normalized spacial score (nSPS) is 48.6. The van der Waals surface area contributed by atoms with Gasteiger partial charge in [-0.05, 0) is 61.7 Å². The second kappa shape index (κ2) is 4.22. The van der Waals surface area contributed by atoms with Crippen LogP contribution in [0.3, 0.4) is 0 Å². The Morgan fingerprint density at radius 1 is 1.28 bits per heavy atom. The molecule has 3 heterocycles. The van der Waals surface area contributed by atoms with Crippen LogP contribution in [0, 0.1) is 17.3 Å². The maximum atomic E-state index is 12.9. The van der Waals surface area contributed by atoms with Gasteiger partial charge in [0.05, 0.1) is 18.6 Å². The van der Waals surface area contributed by atoms with Crippen LogP contribution in [0.25, 0.3) is 0 Å². The van der Waals surface area contributed by atoms with Gasteiger partial charge in [0, 0.05) is 17.1 Å². The first-order valence-corrected chi connectivity index (χ1v) is 9.81. The number of rotatable bonds is 1. The van der Waals surface area contributed by atoms with Gasteiger partial charge in [0.15, 0.2) is 0 Å². The molecule has 0 aromatic heterocycles. The van der Waals surface area contributed by atoms with Crippen molar-refractivity contribution in [3.63, 3.8) is 0 Å². The van der Waals surface area contributed by atoms with Crippen molar-refractivity contribution in [1.29, 1.82) is 0 Å². The van der Waals surface area contributed by atoms with Gasteiger partial charge >= 0.3 is 5.97 Å². The molecule has 132 valence electrons. The lowest BCUT2D eigenvalue weighted by Crippen LogP contribution is -2.63. The largest absolute Gasteiger partial charge is 0.469 e. The van der Waals surface area contributed by atoms with Crippen molar-refractivity contribution in [2.75, 3.05) is 25.5 Å². The van der Waals surface area contributed by atoms with E-state index in [1.165, 1.54) is 43.6 Å². The van der Waals surface area contributed by atoms with Gasteiger partial charge in [0.2, 0.25) is 0 Å². The molecule has 3 unspecified atom stereocenters. The molecule has 4 nitrogen and oxygen atoms in total. The number of hydrogen-bond acceptors (Lipinski definition) is 4. The molecule has 1 N–H and O–H groups in total. The molecule has 2 aliphatic carbocycles. The summed E-state index contributed by atoms with van der Waals surface area (Å²) in [4.78, 5) is 15.7. The Morgan fingerprint density at radius 3 is 2.96 bits per heavy atom. The number of ether oxygens (including phenoxy) is 1. The summed E-state index contributed by atoms with van der Waals surface area (Å²) in [6, 6.07) is 9.42. The number of esters is 1. The van der Waals surface area contributed by atoms with Crippen LogP contribution in [0.15, 0.2) is 24.3 Å². The first-order valence-electron chi connectivity index (χ1n) is 9.81. The highest BCUT2D eigenvalue weighted by atomic mass is 16.5. The number of fused-ring (bicyclic) bond motifs is 1. The zero-order chi connectivity index (χ0) is 17.0. The Morgan fingerprint density at radius 2 is 2.12 bits per heavy atom.